The quantitative estimate of drug-likeness (QED) is 0.518. The topological polar surface area (TPSA) is 87.1 Å². The van der Waals surface area contributed by atoms with E-state index in [1.165, 1.54) is 0 Å². The van der Waals surface area contributed by atoms with Gasteiger partial charge in [0.25, 0.3) is 0 Å². The number of anilines is 1. The van der Waals surface area contributed by atoms with Crippen molar-refractivity contribution >= 4 is 17.4 Å². The van der Waals surface area contributed by atoms with Crippen molar-refractivity contribution in [2.75, 3.05) is 5.73 Å². The molecule has 0 amide bonds. The lowest BCUT2D eigenvalue weighted by Crippen LogP contribution is -1.98. The lowest BCUT2D eigenvalue weighted by molar-refractivity contribution is 0.294. The van der Waals surface area contributed by atoms with E-state index in [9.17, 15) is 0 Å². The summed E-state index contributed by atoms with van der Waals surface area (Å²) < 4.78 is 11.1. The molecule has 0 fully saturated rings. The average Bonchev–Trinajstić information content (AvgIpc) is 3.16. The van der Waals surface area contributed by atoms with Gasteiger partial charge in [-0.15, -0.1) is 0 Å². The Hall–Kier alpha value is -3.38. The summed E-state index contributed by atoms with van der Waals surface area (Å²) in [6.07, 6.45) is 3.99. The molecule has 3 aromatic heterocycles. The second-order valence-electron chi connectivity index (χ2n) is 6.22. The summed E-state index contributed by atoms with van der Waals surface area (Å²) in [6.45, 7) is 0.409. The van der Waals surface area contributed by atoms with Crippen LogP contribution in [0.2, 0.25) is 5.02 Å². The monoisotopic (exact) mass is 392 g/mol. The van der Waals surface area contributed by atoms with Gasteiger partial charge in [0, 0.05) is 36.0 Å². The fourth-order valence-corrected chi connectivity index (χ4v) is 2.95. The van der Waals surface area contributed by atoms with Crippen molar-refractivity contribution in [1.29, 1.82) is 0 Å². The van der Waals surface area contributed by atoms with Gasteiger partial charge < -0.3 is 15.0 Å². The van der Waals surface area contributed by atoms with Crippen LogP contribution < -0.4 is 10.5 Å². The van der Waals surface area contributed by atoms with Gasteiger partial charge in [0.05, 0.1) is 11.3 Å². The molecule has 28 heavy (non-hydrogen) atoms. The summed E-state index contributed by atoms with van der Waals surface area (Å²) in [5.41, 5.74) is 9.37. The fraction of sp³-hybridized carbons (Fsp3) is 0.0952. The summed E-state index contributed by atoms with van der Waals surface area (Å²) in [7, 11) is 0. The van der Waals surface area contributed by atoms with Gasteiger partial charge in [0.2, 0.25) is 5.88 Å². The minimum atomic E-state index is 0.409. The summed E-state index contributed by atoms with van der Waals surface area (Å²) in [6, 6.07) is 16.8. The van der Waals surface area contributed by atoms with Crippen LogP contribution in [-0.4, -0.2) is 15.1 Å². The van der Waals surface area contributed by atoms with E-state index in [1.807, 2.05) is 48.5 Å². The van der Waals surface area contributed by atoms with Gasteiger partial charge in [-0.3, -0.25) is 0 Å². The standard InChI is InChI=1S/C21H17ClN4O2/c22-16-4-1-3-15(9-16)13-27-20-7-6-14(12-25-20)10-17-11-19(28-26-17)18-5-2-8-24-21(18)23/h1-9,11-12H,10,13H2,(H2,23,24). The largest absolute Gasteiger partial charge is 0.473 e. The van der Waals surface area contributed by atoms with Crippen LogP contribution in [0.15, 0.2) is 71.5 Å². The SMILES string of the molecule is Nc1ncccc1-c1cc(Cc2ccc(OCc3cccc(Cl)c3)nc2)no1. The molecule has 2 N–H and O–H groups in total. The highest BCUT2D eigenvalue weighted by Crippen LogP contribution is 2.25. The van der Waals surface area contributed by atoms with Crippen LogP contribution >= 0.6 is 11.6 Å². The molecule has 0 unspecified atom stereocenters. The Bertz CT molecular complexity index is 1080. The van der Waals surface area contributed by atoms with E-state index in [4.69, 9.17) is 26.6 Å². The molecule has 1 aromatic carbocycles. The van der Waals surface area contributed by atoms with Gasteiger partial charge in [-0.05, 0) is 35.4 Å². The molecule has 0 aliphatic carbocycles. The highest BCUT2D eigenvalue weighted by molar-refractivity contribution is 6.30. The number of pyridine rings is 2. The molecule has 4 rings (SSSR count). The van der Waals surface area contributed by atoms with Crippen molar-refractivity contribution in [3.63, 3.8) is 0 Å². The Morgan fingerprint density at radius 1 is 1.00 bits per heavy atom. The Labute approximate surface area is 166 Å². The van der Waals surface area contributed by atoms with Crippen LogP contribution in [0.5, 0.6) is 5.88 Å². The van der Waals surface area contributed by atoms with Crippen LogP contribution in [0.4, 0.5) is 5.82 Å². The third-order valence-corrected chi connectivity index (χ3v) is 4.36. The van der Waals surface area contributed by atoms with E-state index < -0.39 is 0 Å². The first kappa shape index (κ1) is 18.0. The zero-order chi connectivity index (χ0) is 19.3. The van der Waals surface area contributed by atoms with Crippen LogP contribution in [0.3, 0.4) is 0 Å². The van der Waals surface area contributed by atoms with Gasteiger partial charge in [0.1, 0.15) is 12.4 Å². The molecule has 0 aliphatic heterocycles. The van der Waals surface area contributed by atoms with Crippen molar-refractivity contribution in [3.05, 3.63) is 88.8 Å². The number of nitrogens with zero attached hydrogens (tertiary/aromatic N) is 3. The van der Waals surface area contributed by atoms with Gasteiger partial charge in [0.15, 0.2) is 5.76 Å². The van der Waals surface area contributed by atoms with Gasteiger partial charge >= 0.3 is 0 Å². The van der Waals surface area contributed by atoms with Crippen LogP contribution in [0, 0.1) is 0 Å². The summed E-state index contributed by atoms with van der Waals surface area (Å²) >= 11 is 5.98. The van der Waals surface area contributed by atoms with Crippen molar-refractivity contribution in [1.82, 2.24) is 15.1 Å². The van der Waals surface area contributed by atoms with E-state index in [2.05, 4.69) is 15.1 Å². The molecule has 0 radical (unpaired) electrons. The van der Waals surface area contributed by atoms with Crippen LogP contribution in [-0.2, 0) is 13.0 Å². The van der Waals surface area contributed by atoms with E-state index >= 15 is 0 Å². The molecule has 7 heteroatoms. The van der Waals surface area contributed by atoms with Crippen molar-refractivity contribution in [3.8, 4) is 17.2 Å². The number of ether oxygens (including phenoxy) is 1. The minimum absolute atomic E-state index is 0.409. The van der Waals surface area contributed by atoms with Gasteiger partial charge in [-0.25, -0.2) is 9.97 Å². The smallest absolute Gasteiger partial charge is 0.213 e. The highest BCUT2D eigenvalue weighted by atomic mass is 35.5. The third-order valence-electron chi connectivity index (χ3n) is 4.12. The first-order valence-corrected chi connectivity index (χ1v) is 9.04. The Balaban J connectivity index is 1.39. The maximum Gasteiger partial charge on any atom is 0.213 e. The molecule has 0 saturated heterocycles. The highest BCUT2D eigenvalue weighted by Gasteiger charge is 2.11. The first-order chi connectivity index (χ1) is 13.7. The number of hydrogen-bond acceptors (Lipinski definition) is 6. The van der Waals surface area contributed by atoms with Crippen molar-refractivity contribution < 1.29 is 9.26 Å². The summed E-state index contributed by atoms with van der Waals surface area (Å²) in [5, 5.41) is 4.79. The molecule has 6 nitrogen and oxygen atoms in total. The predicted molar refractivity (Wildman–Crippen MR) is 107 cm³/mol. The Morgan fingerprint density at radius 3 is 2.71 bits per heavy atom. The molecule has 0 atom stereocenters. The lowest BCUT2D eigenvalue weighted by atomic mass is 10.1. The number of rotatable bonds is 6. The van der Waals surface area contributed by atoms with E-state index in [0.29, 0.717) is 35.5 Å². The zero-order valence-electron chi connectivity index (χ0n) is 14.9. The Kier molecular flexibility index (Phi) is 5.21. The van der Waals surface area contributed by atoms with Gasteiger partial charge in [-0.1, -0.05) is 35.0 Å². The fourth-order valence-electron chi connectivity index (χ4n) is 2.74. The molecule has 4 aromatic rings. The van der Waals surface area contributed by atoms with Crippen molar-refractivity contribution in [2.24, 2.45) is 0 Å². The molecule has 140 valence electrons. The minimum Gasteiger partial charge on any atom is -0.473 e. The van der Waals surface area contributed by atoms with Crippen LogP contribution in [0.1, 0.15) is 16.8 Å². The number of nitrogen functional groups attached to an aromatic ring is 1. The molecular weight excluding hydrogens is 376 g/mol. The first-order valence-electron chi connectivity index (χ1n) is 8.66. The molecule has 0 aliphatic rings. The third kappa shape index (κ3) is 4.29. The molecular formula is C21H17ClN4O2. The molecule has 0 bridgehead atoms. The number of benzene rings is 1. The maximum atomic E-state index is 5.98. The number of halogens is 1. The Morgan fingerprint density at radius 2 is 1.93 bits per heavy atom. The van der Waals surface area contributed by atoms with E-state index in [1.54, 1.807) is 18.5 Å². The summed E-state index contributed by atoms with van der Waals surface area (Å²) in [4.78, 5) is 8.41. The maximum absolute atomic E-state index is 5.98. The second kappa shape index (κ2) is 8.10. The normalized spacial score (nSPS) is 10.8. The average molecular weight is 393 g/mol. The number of nitrogens with two attached hydrogens (primary N) is 1. The molecule has 0 saturated carbocycles. The lowest BCUT2D eigenvalue weighted by Gasteiger charge is -2.06. The number of hydrogen-bond donors (Lipinski definition) is 1. The van der Waals surface area contributed by atoms with E-state index in [0.717, 1.165) is 22.4 Å². The van der Waals surface area contributed by atoms with Crippen molar-refractivity contribution in [2.45, 2.75) is 13.0 Å². The number of aromatic nitrogens is 3. The van der Waals surface area contributed by atoms with Crippen LogP contribution in [0.25, 0.3) is 11.3 Å². The molecule has 3 heterocycles. The summed E-state index contributed by atoms with van der Waals surface area (Å²) in [5.74, 6) is 1.55. The molecule has 0 spiro atoms. The van der Waals surface area contributed by atoms with Gasteiger partial charge in [-0.2, -0.15) is 0 Å². The second-order valence-corrected chi connectivity index (χ2v) is 6.66. The predicted octanol–water partition coefficient (Wildman–Crippen LogP) is 4.54. The zero-order valence-corrected chi connectivity index (χ0v) is 15.6. The van der Waals surface area contributed by atoms with E-state index in [-0.39, 0.29) is 0 Å².